The van der Waals surface area contributed by atoms with Crippen LogP contribution in [0.1, 0.15) is 29.0 Å². The summed E-state index contributed by atoms with van der Waals surface area (Å²) in [5, 5.41) is 16.6. The van der Waals surface area contributed by atoms with Crippen LogP contribution >= 0.6 is 0 Å². The summed E-state index contributed by atoms with van der Waals surface area (Å²) in [6, 6.07) is 0. The number of anilines is 1. The molecule has 0 aliphatic carbocycles. The highest BCUT2D eigenvalue weighted by atomic mass is 16.5. The zero-order valence-corrected chi connectivity index (χ0v) is 11.3. The Hall–Kier alpha value is -1.60. The van der Waals surface area contributed by atoms with Gasteiger partial charge in [-0.2, -0.15) is 5.10 Å². The average molecular weight is 268 g/mol. The third-order valence-electron chi connectivity index (χ3n) is 3.61. The molecule has 1 saturated heterocycles. The van der Waals surface area contributed by atoms with Gasteiger partial charge >= 0.3 is 0 Å². The van der Waals surface area contributed by atoms with E-state index in [-0.39, 0.29) is 12.5 Å². The van der Waals surface area contributed by atoms with Crippen LogP contribution in [0.4, 0.5) is 5.69 Å². The predicted molar refractivity (Wildman–Crippen MR) is 69.7 cm³/mol. The van der Waals surface area contributed by atoms with Gasteiger partial charge in [0, 0.05) is 20.3 Å². The lowest BCUT2D eigenvalue weighted by Crippen LogP contribution is -2.55. The fraction of sp³-hybridized carbons (Fsp3) is 0.667. The van der Waals surface area contributed by atoms with E-state index < -0.39 is 5.54 Å². The number of aromatic nitrogens is 2. The second-order valence-electron chi connectivity index (χ2n) is 4.98. The van der Waals surface area contributed by atoms with Gasteiger partial charge in [-0.1, -0.05) is 0 Å². The smallest absolute Gasteiger partial charge is 0.272 e. The summed E-state index contributed by atoms with van der Waals surface area (Å²) < 4.78 is 6.72. The first-order valence-electron chi connectivity index (χ1n) is 6.29. The van der Waals surface area contributed by atoms with Crippen LogP contribution in [0.15, 0.2) is 0 Å². The van der Waals surface area contributed by atoms with Gasteiger partial charge in [-0.15, -0.1) is 0 Å². The predicted octanol–water partition coefficient (Wildman–Crippen LogP) is -0.418. The number of rotatable bonds is 3. The summed E-state index contributed by atoms with van der Waals surface area (Å²) in [5.74, 6) is -0.309. The first kappa shape index (κ1) is 13.8. The average Bonchev–Trinajstić information content (AvgIpc) is 2.64. The van der Waals surface area contributed by atoms with Crippen LogP contribution in [-0.4, -0.2) is 46.2 Å². The van der Waals surface area contributed by atoms with Crippen molar-refractivity contribution in [1.29, 1.82) is 0 Å². The van der Waals surface area contributed by atoms with Gasteiger partial charge in [-0.3, -0.25) is 9.48 Å². The number of amides is 1. The molecule has 1 amide bonds. The number of nitrogen functional groups attached to an aromatic ring is 1. The summed E-state index contributed by atoms with van der Waals surface area (Å²) in [6.45, 7) is 2.70. The third-order valence-corrected chi connectivity index (χ3v) is 3.61. The van der Waals surface area contributed by atoms with E-state index in [0.717, 1.165) is 0 Å². The summed E-state index contributed by atoms with van der Waals surface area (Å²) in [7, 11) is 1.67. The molecule has 1 aromatic heterocycles. The first-order chi connectivity index (χ1) is 8.99. The van der Waals surface area contributed by atoms with E-state index in [1.807, 2.05) is 0 Å². The molecule has 2 heterocycles. The summed E-state index contributed by atoms with van der Waals surface area (Å²) in [5.41, 5.74) is 6.57. The van der Waals surface area contributed by atoms with Crippen LogP contribution in [0.2, 0.25) is 0 Å². The standard InChI is InChI=1S/C12H20N4O3/c1-8-9(13)10(16(2)15-8)11(18)14-12(7-17)3-5-19-6-4-12/h17H,3-7,13H2,1-2H3,(H,14,18). The van der Waals surface area contributed by atoms with Crippen molar-refractivity contribution in [3.05, 3.63) is 11.4 Å². The Kier molecular flexibility index (Phi) is 3.77. The molecular formula is C12H20N4O3. The molecule has 0 saturated carbocycles. The number of carbonyl (C=O) groups is 1. The number of nitrogens with one attached hydrogen (secondary N) is 1. The second kappa shape index (κ2) is 5.18. The van der Waals surface area contributed by atoms with Crippen molar-refractivity contribution in [2.45, 2.75) is 25.3 Å². The molecule has 1 aliphatic heterocycles. The largest absolute Gasteiger partial charge is 0.395 e. The lowest BCUT2D eigenvalue weighted by atomic mass is 9.91. The van der Waals surface area contributed by atoms with E-state index in [0.29, 0.717) is 43.1 Å². The van der Waals surface area contributed by atoms with E-state index in [1.165, 1.54) is 4.68 Å². The van der Waals surface area contributed by atoms with Crippen molar-refractivity contribution < 1.29 is 14.6 Å². The maximum atomic E-state index is 12.3. The monoisotopic (exact) mass is 268 g/mol. The van der Waals surface area contributed by atoms with E-state index in [4.69, 9.17) is 10.5 Å². The third kappa shape index (κ3) is 2.57. The fourth-order valence-corrected chi connectivity index (χ4v) is 2.33. The molecule has 1 aliphatic rings. The fourth-order valence-electron chi connectivity index (χ4n) is 2.33. The van der Waals surface area contributed by atoms with Crippen molar-refractivity contribution in [1.82, 2.24) is 15.1 Å². The van der Waals surface area contributed by atoms with E-state index in [2.05, 4.69) is 10.4 Å². The Morgan fingerprint density at radius 2 is 2.21 bits per heavy atom. The van der Waals surface area contributed by atoms with Crippen LogP contribution in [-0.2, 0) is 11.8 Å². The highest BCUT2D eigenvalue weighted by Crippen LogP contribution is 2.22. The molecule has 0 bridgehead atoms. The van der Waals surface area contributed by atoms with Crippen molar-refractivity contribution in [3.63, 3.8) is 0 Å². The number of ether oxygens (including phenoxy) is 1. The minimum absolute atomic E-state index is 0.112. The normalized spacial score (nSPS) is 18.3. The van der Waals surface area contributed by atoms with Crippen LogP contribution < -0.4 is 11.1 Å². The Morgan fingerprint density at radius 3 is 2.68 bits per heavy atom. The van der Waals surface area contributed by atoms with Crippen LogP contribution in [0.5, 0.6) is 0 Å². The number of hydrogen-bond acceptors (Lipinski definition) is 5. The molecule has 4 N–H and O–H groups in total. The quantitative estimate of drug-likeness (QED) is 0.691. The molecule has 0 radical (unpaired) electrons. The van der Waals surface area contributed by atoms with E-state index >= 15 is 0 Å². The van der Waals surface area contributed by atoms with Gasteiger partial charge in [-0.05, 0) is 19.8 Å². The lowest BCUT2D eigenvalue weighted by molar-refractivity contribution is 0.0123. The number of aliphatic hydroxyl groups excluding tert-OH is 1. The molecule has 1 aromatic rings. The van der Waals surface area contributed by atoms with Crippen LogP contribution in [0, 0.1) is 6.92 Å². The topological polar surface area (TPSA) is 102 Å². The number of aliphatic hydroxyl groups is 1. The molecule has 1 fully saturated rings. The van der Waals surface area contributed by atoms with E-state index in [1.54, 1.807) is 14.0 Å². The number of aryl methyl sites for hydroxylation is 2. The molecule has 0 unspecified atom stereocenters. The van der Waals surface area contributed by atoms with Gasteiger partial charge < -0.3 is 20.9 Å². The number of hydrogen-bond donors (Lipinski definition) is 3. The summed E-state index contributed by atoms with van der Waals surface area (Å²) >= 11 is 0. The minimum atomic E-state index is -0.625. The number of carbonyl (C=O) groups excluding carboxylic acids is 1. The van der Waals surface area contributed by atoms with Crippen molar-refractivity contribution in [3.8, 4) is 0 Å². The summed E-state index contributed by atoms with van der Waals surface area (Å²) in [6.07, 6.45) is 1.18. The Morgan fingerprint density at radius 1 is 1.58 bits per heavy atom. The van der Waals surface area contributed by atoms with Gasteiger partial charge in [0.15, 0.2) is 0 Å². The molecule has 106 valence electrons. The van der Waals surface area contributed by atoms with Gasteiger partial charge in [0.1, 0.15) is 5.69 Å². The SMILES string of the molecule is Cc1nn(C)c(C(=O)NC2(CO)CCOCC2)c1N. The molecule has 0 aromatic carbocycles. The van der Waals surface area contributed by atoms with Crippen LogP contribution in [0.3, 0.4) is 0 Å². The molecule has 19 heavy (non-hydrogen) atoms. The zero-order chi connectivity index (χ0) is 14.0. The lowest BCUT2D eigenvalue weighted by Gasteiger charge is -2.36. The molecule has 7 nitrogen and oxygen atoms in total. The second-order valence-corrected chi connectivity index (χ2v) is 4.98. The van der Waals surface area contributed by atoms with Crippen molar-refractivity contribution in [2.75, 3.05) is 25.6 Å². The Labute approximate surface area is 111 Å². The maximum Gasteiger partial charge on any atom is 0.272 e. The van der Waals surface area contributed by atoms with Crippen molar-refractivity contribution >= 4 is 11.6 Å². The number of nitrogens with zero attached hydrogens (tertiary/aromatic N) is 2. The highest BCUT2D eigenvalue weighted by Gasteiger charge is 2.35. The minimum Gasteiger partial charge on any atom is -0.395 e. The molecule has 7 heteroatoms. The molecule has 0 atom stereocenters. The Bertz CT molecular complexity index is 478. The zero-order valence-electron chi connectivity index (χ0n) is 11.3. The van der Waals surface area contributed by atoms with E-state index in [9.17, 15) is 9.90 Å². The number of nitrogens with two attached hydrogens (primary N) is 1. The maximum absolute atomic E-state index is 12.3. The van der Waals surface area contributed by atoms with Gasteiger partial charge in [-0.25, -0.2) is 0 Å². The highest BCUT2D eigenvalue weighted by molar-refractivity contribution is 5.98. The van der Waals surface area contributed by atoms with Gasteiger partial charge in [0.2, 0.25) is 0 Å². The Balaban J connectivity index is 2.20. The first-order valence-corrected chi connectivity index (χ1v) is 6.29. The van der Waals surface area contributed by atoms with Gasteiger partial charge in [0.05, 0.1) is 23.5 Å². The van der Waals surface area contributed by atoms with Gasteiger partial charge in [0.25, 0.3) is 5.91 Å². The molecular weight excluding hydrogens is 248 g/mol. The molecule has 0 spiro atoms. The van der Waals surface area contributed by atoms with Crippen molar-refractivity contribution in [2.24, 2.45) is 7.05 Å². The van der Waals surface area contributed by atoms with Crippen LogP contribution in [0.25, 0.3) is 0 Å². The summed E-state index contributed by atoms with van der Waals surface area (Å²) in [4.78, 5) is 12.3. The molecule has 2 rings (SSSR count).